The lowest BCUT2D eigenvalue weighted by Gasteiger charge is -2.16. The summed E-state index contributed by atoms with van der Waals surface area (Å²) in [5, 5.41) is 14.3. The molecule has 0 aliphatic heterocycles. The predicted octanol–water partition coefficient (Wildman–Crippen LogP) is 4.23. The number of alkyl carbamates (subject to hydrolysis) is 1. The van der Waals surface area contributed by atoms with Gasteiger partial charge in [-0.1, -0.05) is 61.5 Å². The molecule has 7 heteroatoms. The number of carbonyl (C=O) groups excluding carboxylic acids is 2. The number of carboxylic acids is 1. The Balaban J connectivity index is 1.48. The van der Waals surface area contributed by atoms with Gasteiger partial charge in [0.25, 0.3) is 0 Å². The van der Waals surface area contributed by atoms with Crippen molar-refractivity contribution in [2.24, 2.45) is 0 Å². The third-order valence-corrected chi connectivity index (χ3v) is 5.89. The molecule has 1 aliphatic carbocycles. The molecule has 0 spiro atoms. The first-order valence-electron chi connectivity index (χ1n) is 11.2. The van der Waals surface area contributed by atoms with Gasteiger partial charge in [0, 0.05) is 30.5 Å². The summed E-state index contributed by atoms with van der Waals surface area (Å²) in [5.74, 6) is -1.17. The highest BCUT2D eigenvalue weighted by atomic mass is 16.5. The Bertz CT molecular complexity index is 1000. The Morgan fingerprint density at radius 2 is 1.67 bits per heavy atom. The van der Waals surface area contributed by atoms with Crippen LogP contribution in [0.5, 0.6) is 0 Å². The van der Waals surface area contributed by atoms with Gasteiger partial charge in [-0.05, 0) is 42.0 Å². The van der Waals surface area contributed by atoms with Gasteiger partial charge in [0.1, 0.15) is 6.61 Å². The average molecular weight is 451 g/mol. The zero-order valence-corrected chi connectivity index (χ0v) is 19.0. The molecule has 0 heterocycles. The van der Waals surface area contributed by atoms with Gasteiger partial charge in [0.05, 0.1) is 0 Å². The summed E-state index contributed by atoms with van der Waals surface area (Å²) < 4.78 is 5.48. The molecule has 33 heavy (non-hydrogen) atoms. The molecular weight excluding hydrogens is 420 g/mol. The number of aliphatic carboxylic acids is 1. The molecule has 0 bridgehead atoms. The van der Waals surface area contributed by atoms with Crippen molar-refractivity contribution in [1.29, 1.82) is 0 Å². The van der Waals surface area contributed by atoms with Crippen LogP contribution in [0.4, 0.5) is 4.79 Å². The van der Waals surface area contributed by atoms with Crippen molar-refractivity contribution in [2.75, 3.05) is 13.2 Å². The van der Waals surface area contributed by atoms with Crippen LogP contribution in [-0.2, 0) is 14.3 Å². The van der Waals surface area contributed by atoms with Gasteiger partial charge in [-0.15, -0.1) is 0 Å². The fourth-order valence-corrected chi connectivity index (χ4v) is 4.00. The summed E-state index contributed by atoms with van der Waals surface area (Å²) in [6.07, 6.45) is 2.09. The summed E-state index contributed by atoms with van der Waals surface area (Å²) in [6.45, 7) is 3.93. The largest absolute Gasteiger partial charge is 0.481 e. The molecule has 174 valence electrons. The van der Waals surface area contributed by atoms with Gasteiger partial charge in [0.2, 0.25) is 5.91 Å². The second-order valence-corrected chi connectivity index (χ2v) is 8.10. The van der Waals surface area contributed by atoms with Crippen LogP contribution in [0.3, 0.4) is 0 Å². The number of ether oxygens (including phenoxy) is 1. The minimum Gasteiger partial charge on any atom is -0.481 e. The van der Waals surface area contributed by atoms with E-state index in [0.29, 0.717) is 18.4 Å². The quantitative estimate of drug-likeness (QED) is 0.470. The lowest BCUT2D eigenvalue weighted by molar-refractivity contribution is -0.137. The van der Waals surface area contributed by atoms with Crippen LogP contribution in [0.2, 0.25) is 0 Å². The van der Waals surface area contributed by atoms with Crippen LogP contribution in [0.15, 0.2) is 60.2 Å². The van der Waals surface area contributed by atoms with Crippen LogP contribution in [0, 0.1) is 0 Å². The van der Waals surface area contributed by atoms with Crippen molar-refractivity contribution in [3.05, 3.63) is 71.3 Å². The lowest BCUT2D eigenvalue weighted by Crippen LogP contribution is -2.35. The monoisotopic (exact) mass is 450 g/mol. The average Bonchev–Trinajstić information content (AvgIpc) is 3.13. The molecule has 1 aliphatic rings. The van der Waals surface area contributed by atoms with Crippen molar-refractivity contribution in [2.45, 2.75) is 45.1 Å². The van der Waals surface area contributed by atoms with Gasteiger partial charge in [-0.3, -0.25) is 9.59 Å². The first kappa shape index (κ1) is 24.0. The maximum absolute atomic E-state index is 12.3. The van der Waals surface area contributed by atoms with Gasteiger partial charge in [-0.25, -0.2) is 4.79 Å². The molecule has 0 saturated heterocycles. The molecule has 0 radical (unpaired) electrons. The van der Waals surface area contributed by atoms with Crippen molar-refractivity contribution in [3.63, 3.8) is 0 Å². The molecule has 2 amide bonds. The highest BCUT2D eigenvalue weighted by molar-refractivity contribution is 5.93. The zero-order valence-electron chi connectivity index (χ0n) is 19.0. The SMILES string of the molecule is CCC(CCC(=O)O)NC(=O)/C(C)=C/CNC(=O)OCC1c2ccccc2-c2ccccc21. The molecule has 3 N–H and O–H groups in total. The first-order valence-corrected chi connectivity index (χ1v) is 11.2. The van der Waals surface area contributed by atoms with Crippen LogP contribution < -0.4 is 10.6 Å². The van der Waals surface area contributed by atoms with Crippen molar-refractivity contribution >= 4 is 18.0 Å². The number of rotatable bonds is 10. The third kappa shape index (κ3) is 6.22. The number of carboxylic acid groups (broad SMARTS) is 1. The first-order chi connectivity index (χ1) is 15.9. The van der Waals surface area contributed by atoms with E-state index < -0.39 is 12.1 Å². The van der Waals surface area contributed by atoms with Gasteiger partial charge >= 0.3 is 12.1 Å². The van der Waals surface area contributed by atoms with Crippen LogP contribution in [0.1, 0.15) is 50.2 Å². The Morgan fingerprint density at radius 3 is 2.24 bits per heavy atom. The Hall–Kier alpha value is -3.61. The van der Waals surface area contributed by atoms with E-state index in [1.165, 1.54) is 11.1 Å². The molecule has 2 aromatic carbocycles. The van der Waals surface area contributed by atoms with E-state index in [1.54, 1.807) is 13.0 Å². The van der Waals surface area contributed by atoms with E-state index in [4.69, 9.17) is 9.84 Å². The minimum atomic E-state index is -0.887. The van der Waals surface area contributed by atoms with Crippen LogP contribution >= 0.6 is 0 Å². The maximum atomic E-state index is 12.3. The third-order valence-electron chi connectivity index (χ3n) is 5.89. The van der Waals surface area contributed by atoms with E-state index in [1.807, 2.05) is 31.2 Å². The number of hydrogen-bond acceptors (Lipinski definition) is 4. The van der Waals surface area contributed by atoms with Crippen molar-refractivity contribution in [1.82, 2.24) is 10.6 Å². The van der Waals surface area contributed by atoms with Gasteiger partial charge in [0.15, 0.2) is 0 Å². The zero-order chi connectivity index (χ0) is 23.8. The summed E-state index contributed by atoms with van der Waals surface area (Å²) in [5.41, 5.74) is 5.07. The molecule has 0 fully saturated rings. The fraction of sp³-hybridized carbons (Fsp3) is 0.346. The number of amides is 2. The van der Waals surface area contributed by atoms with E-state index in [-0.39, 0.29) is 37.4 Å². The van der Waals surface area contributed by atoms with E-state index in [2.05, 4.69) is 34.9 Å². The standard InChI is InChI=1S/C26H30N2O5/c1-3-18(12-13-24(29)30)28-25(31)17(2)14-15-27-26(32)33-16-23-21-10-6-4-8-19(21)20-9-5-7-11-22(20)23/h4-11,14,18,23H,3,12-13,15-16H2,1-2H3,(H,27,32)(H,28,31)(H,29,30)/b17-14+. The van der Waals surface area contributed by atoms with Crippen LogP contribution in [0.25, 0.3) is 11.1 Å². The Kier molecular flexibility index (Phi) is 8.24. The van der Waals surface area contributed by atoms with E-state index in [0.717, 1.165) is 11.1 Å². The summed E-state index contributed by atoms with van der Waals surface area (Å²) in [4.78, 5) is 35.3. The summed E-state index contributed by atoms with van der Waals surface area (Å²) >= 11 is 0. The molecule has 3 rings (SSSR count). The predicted molar refractivity (Wildman–Crippen MR) is 126 cm³/mol. The fourth-order valence-electron chi connectivity index (χ4n) is 4.00. The van der Waals surface area contributed by atoms with Crippen molar-refractivity contribution < 1.29 is 24.2 Å². The van der Waals surface area contributed by atoms with E-state index >= 15 is 0 Å². The number of nitrogens with one attached hydrogen (secondary N) is 2. The van der Waals surface area contributed by atoms with Crippen molar-refractivity contribution in [3.8, 4) is 11.1 Å². The molecular formula is C26H30N2O5. The maximum Gasteiger partial charge on any atom is 0.407 e. The highest BCUT2D eigenvalue weighted by Crippen LogP contribution is 2.44. The lowest BCUT2D eigenvalue weighted by atomic mass is 9.98. The molecule has 0 saturated carbocycles. The van der Waals surface area contributed by atoms with Gasteiger partial charge < -0.3 is 20.5 Å². The highest BCUT2D eigenvalue weighted by Gasteiger charge is 2.28. The number of carbonyl (C=O) groups is 3. The van der Waals surface area contributed by atoms with Gasteiger partial charge in [-0.2, -0.15) is 0 Å². The second-order valence-electron chi connectivity index (χ2n) is 8.10. The van der Waals surface area contributed by atoms with E-state index in [9.17, 15) is 14.4 Å². The summed E-state index contributed by atoms with van der Waals surface area (Å²) in [7, 11) is 0. The normalized spacial score (nSPS) is 13.6. The molecule has 7 nitrogen and oxygen atoms in total. The van der Waals surface area contributed by atoms with Crippen LogP contribution in [-0.4, -0.2) is 42.3 Å². The molecule has 2 aromatic rings. The summed E-state index contributed by atoms with van der Waals surface area (Å²) in [6, 6.07) is 16.1. The Morgan fingerprint density at radius 1 is 1.06 bits per heavy atom. The Labute approximate surface area is 193 Å². The number of hydrogen-bond donors (Lipinski definition) is 3. The number of fused-ring (bicyclic) bond motifs is 3. The topological polar surface area (TPSA) is 105 Å². The second kappa shape index (κ2) is 11.3. The number of benzene rings is 2. The molecule has 1 atom stereocenters. The smallest absolute Gasteiger partial charge is 0.407 e. The molecule has 1 unspecified atom stereocenters. The molecule has 0 aromatic heterocycles. The minimum absolute atomic E-state index is 0.00485.